The Labute approximate surface area is 116 Å². The van der Waals surface area contributed by atoms with Crippen molar-refractivity contribution in [2.45, 2.75) is 26.3 Å². The number of anilines is 1. The number of nitrogens with zero attached hydrogens (tertiary/aromatic N) is 2. The van der Waals surface area contributed by atoms with Gasteiger partial charge < -0.3 is 5.32 Å². The molecule has 0 aliphatic rings. The highest BCUT2D eigenvalue weighted by atomic mass is 79.9. The molecule has 0 fully saturated rings. The summed E-state index contributed by atoms with van der Waals surface area (Å²) in [6, 6.07) is 10.7. The Morgan fingerprint density at radius 3 is 2.61 bits per heavy atom. The second kappa shape index (κ2) is 5.96. The molecule has 1 N–H and O–H groups in total. The minimum atomic E-state index is 0.270. The fourth-order valence-corrected chi connectivity index (χ4v) is 2.12. The first kappa shape index (κ1) is 13.0. The third-order valence-corrected chi connectivity index (χ3v) is 3.74. The molecule has 1 aromatic heterocycles. The van der Waals surface area contributed by atoms with Crippen LogP contribution in [0.4, 0.5) is 5.82 Å². The molecule has 1 unspecified atom stereocenters. The van der Waals surface area contributed by atoms with Gasteiger partial charge in [-0.15, -0.1) is 0 Å². The summed E-state index contributed by atoms with van der Waals surface area (Å²) in [5.41, 5.74) is 2.31. The first-order valence-electron chi connectivity index (χ1n) is 6.01. The average molecular weight is 306 g/mol. The standard InChI is InChI=1S/C14H16BrN3/c1-3-12(11-7-5-4-6-8-11)18-14-10(2)13(15)16-9-17-14/h4-9,12H,3H2,1-2H3,(H,16,17,18). The zero-order chi connectivity index (χ0) is 13.0. The van der Waals surface area contributed by atoms with Crippen LogP contribution in [0, 0.1) is 6.92 Å². The largest absolute Gasteiger partial charge is 0.363 e. The Bertz CT molecular complexity index is 514. The van der Waals surface area contributed by atoms with E-state index in [9.17, 15) is 0 Å². The van der Waals surface area contributed by atoms with E-state index in [-0.39, 0.29) is 6.04 Å². The van der Waals surface area contributed by atoms with Crippen LogP contribution in [0.15, 0.2) is 41.3 Å². The van der Waals surface area contributed by atoms with Gasteiger partial charge in [-0.2, -0.15) is 0 Å². The Hall–Kier alpha value is -1.42. The molecule has 3 nitrogen and oxygen atoms in total. The van der Waals surface area contributed by atoms with Crippen LogP contribution >= 0.6 is 15.9 Å². The lowest BCUT2D eigenvalue weighted by Gasteiger charge is -2.19. The van der Waals surface area contributed by atoms with Gasteiger partial charge >= 0.3 is 0 Å². The first-order valence-corrected chi connectivity index (χ1v) is 6.80. The Morgan fingerprint density at radius 2 is 1.94 bits per heavy atom. The maximum absolute atomic E-state index is 4.30. The first-order chi connectivity index (χ1) is 8.72. The molecule has 0 radical (unpaired) electrons. The molecular formula is C14H16BrN3. The molecule has 1 atom stereocenters. The number of rotatable bonds is 4. The summed E-state index contributed by atoms with van der Waals surface area (Å²) in [5.74, 6) is 0.882. The summed E-state index contributed by atoms with van der Waals surface area (Å²) >= 11 is 3.42. The predicted molar refractivity (Wildman–Crippen MR) is 77.6 cm³/mol. The minimum Gasteiger partial charge on any atom is -0.363 e. The van der Waals surface area contributed by atoms with Crippen molar-refractivity contribution in [2.24, 2.45) is 0 Å². The van der Waals surface area contributed by atoms with Gasteiger partial charge in [0.2, 0.25) is 0 Å². The van der Waals surface area contributed by atoms with Crippen LogP contribution in [0.5, 0.6) is 0 Å². The summed E-state index contributed by atoms with van der Waals surface area (Å²) in [6.07, 6.45) is 2.57. The van der Waals surface area contributed by atoms with Crippen LogP contribution in [0.1, 0.15) is 30.5 Å². The lowest BCUT2D eigenvalue weighted by atomic mass is 10.0. The molecule has 0 saturated carbocycles. The third kappa shape index (κ3) is 2.88. The summed E-state index contributed by atoms with van der Waals surface area (Å²) in [7, 11) is 0. The van der Waals surface area contributed by atoms with E-state index in [4.69, 9.17) is 0 Å². The highest BCUT2D eigenvalue weighted by Gasteiger charge is 2.12. The second-order valence-corrected chi connectivity index (χ2v) is 4.91. The van der Waals surface area contributed by atoms with Gasteiger partial charge in [0.05, 0.1) is 6.04 Å². The summed E-state index contributed by atoms with van der Waals surface area (Å²) in [4.78, 5) is 8.41. The third-order valence-electron chi connectivity index (χ3n) is 2.94. The van der Waals surface area contributed by atoms with Crippen molar-refractivity contribution in [3.63, 3.8) is 0 Å². The van der Waals surface area contributed by atoms with Crippen molar-refractivity contribution in [1.29, 1.82) is 0 Å². The summed E-state index contributed by atoms with van der Waals surface area (Å²) < 4.78 is 0.836. The lowest BCUT2D eigenvalue weighted by molar-refractivity contribution is 0.742. The lowest BCUT2D eigenvalue weighted by Crippen LogP contribution is -2.12. The second-order valence-electron chi connectivity index (χ2n) is 4.15. The molecule has 0 aliphatic heterocycles. The van der Waals surface area contributed by atoms with E-state index in [1.54, 1.807) is 6.33 Å². The molecule has 18 heavy (non-hydrogen) atoms. The monoisotopic (exact) mass is 305 g/mol. The van der Waals surface area contributed by atoms with Gasteiger partial charge in [-0.05, 0) is 34.8 Å². The van der Waals surface area contributed by atoms with E-state index in [1.807, 2.05) is 13.0 Å². The van der Waals surface area contributed by atoms with Crippen LogP contribution in [0.2, 0.25) is 0 Å². The van der Waals surface area contributed by atoms with Crippen LogP contribution in [0.3, 0.4) is 0 Å². The van der Waals surface area contributed by atoms with Gasteiger partial charge in [0.25, 0.3) is 0 Å². The molecule has 2 aromatic rings. The number of aromatic nitrogens is 2. The smallest absolute Gasteiger partial charge is 0.133 e. The van der Waals surface area contributed by atoms with Gasteiger partial charge in [0, 0.05) is 5.56 Å². The molecular weight excluding hydrogens is 290 g/mol. The number of benzene rings is 1. The molecule has 1 aromatic carbocycles. The van der Waals surface area contributed by atoms with Crippen molar-refractivity contribution in [3.05, 3.63) is 52.4 Å². The van der Waals surface area contributed by atoms with Crippen LogP contribution < -0.4 is 5.32 Å². The highest BCUT2D eigenvalue weighted by Crippen LogP contribution is 2.25. The number of nitrogens with one attached hydrogen (secondary N) is 1. The molecule has 0 saturated heterocycles. The molecule has 0 aliphatic carbocycles. The maximum Gasteiger partial charge on any atom is 0.133 e. The van der Waals surface area contributed by atoms with E-state index >= 15 is 0 Å². The Morgan fingerprint density at radius 1 is 1.22 bits per heavy atom. The molecule has 0 amide bonds. The van der Waals surface area contributed by atoms with Crippen molar-refractivity contribution in [2.75, 3.05) is 5.32 Å². The topological polar surface area (TPSA) is 37.8 Å². The zero-order valence-corrected chi connectivity index (χ0v) is 12.1. The van der Waals surface area contributed by atoms with Gasteiger partial charge in [-0.25, -0.2) is 9.97 Å². The molecule has 0 bridgehead atoms. The number of hydrogen-bond acceptors (Lipinski definition) is 3. The quantitative estimate of drug-likeness (QED) is 0.864. The minimum absolute atomic E-state index is 0.270. The molecule has 94 valence electrons. The fraction of sp³-hybridized carbons (Fsp3) is 0.286. The SMILES string of the molecule is CCC(Nc1ncnc(Br)c1C)c1ccccc1. The average Bonchev–Trinajstić information content (AvgIpc) is 2.41. The van der Waals surface area contributed by atoms with Crippen molar-refractivity contribution in [3.8, 4) is 0 Å². The van der Waals surface area contributed by atoms with Gasteiger partial charge in [-0.3, -0.25) is 0 Å². The van der Waals surface area contributed by atoms with E-state index < -0.39 is 0 Å². The van der Waals surface area contributed by atoms with Crippen molar-refractivity contribution < 1.29 is 0 Å². The molecule has 2 rings (SSSR count). The van der Waals surface area contributed by atoms with E-state index in [2.05, 4.69) is 62.4 Å². The van der Waals surface area contributed by atoms with E-state index in [1.165, 1.54) is 5.56 Å². The zero-order valence-electron chi connectivity index (χ0n) is 10.5. The fourth-order valence-electron chi connectivity index (χ4n) is 1.85. The Balaban J connectivity index is 2.24. The van der Waals surface area contributed by atoms with Gasteiger partial charge in [-0.1, -0.05) is 37.3 Å². The van der Waals surface area contributed by atoms with Crippen molar-refractivity contribution in [1.82, 2.24) is 9.97 Å². The van der Waals surface area contributed by atoms with Gasteiger partial charge in [0.15, 0.2) is 0 Å². The molecule has 4 heteroatoms. The molecule has 0 spiro atoms. The van der Waals surface area contributed by atoms with Crippen LogP contribution in [0.25, 0.3) is 0 Å². The van der Waals surface area contributed by atoms with E-state index in [0.29, 0.717) is 0 Å². The van der Waals surface area contributed by atoms with Crippen LogP contribution in [-0.2, 0) is 0 Å². The van der Waals surface area contributed by atoms with Gasteiger partial charge in [0.1, 0.15) is 16.7 Å². The Kier molecular flexibility index (Phi) is 4.31. The van der Waals surface area contributed by atoms with Crippen LogP contribution in [-0.4, -0.2) is 9.97 Å². The summed E-state index contributed by atoms with van der Waals surface area (Å²) in [6.45, 7) is 4.17. The van der Waals surface area contributed by atoms with E-state index in [0.717, 1.165) is 22.4 Å². The normalized spacial score (nSPS) is 12.2. The predicted octanol–water partition coefficient (Wildman–Crippen LogP) is 4.11. The number of hydrogen-bond donors (Lipinski definition) is 1. The maximum atomic E-state index is 4.30. The summed E-state index contributed by atoms with van der Waals surface area (Å²) in [5, 5.41) is 3.47. The highest BCUT2D eigenvalue weighted by molar-refractivity contribution is 9.10. The molecule has 1 heterocycles. The number of halogens is 1. The van der Waals surface area contributed by atoms with Crippen molar-refractivity contribution >= 4 is 21.7 Å².